The smallest absolute Gasteiger partial charge is 0.339 e. The molecule has 3 atom stereocenters. The number of rotatable bonds is 4. The maximum Gasteiger partial charge on any atom is 0.339 e. The highest BCUT2D eigenvalue weighted by molar-refractivity contribution is 6.05. The summed E-state index contributed by atoms with van der Waals surface area (Å²) >= 11 is 0. The van der Waals surface area contributed by atoms with E-state index in [-0.39, 0.29) is 23.5 Å². The van der Waals surface area contributed by atoms with Crippen LogP contribution in [0.25, 0.3) is 0 Å². The van der Waals surface area contributed by atoms with Gasteiger partial charge < -0.3 is 15.3 Å². The van der Waals surface area contributed by atoms with Crippen LogP contribution in [0.3, 0.4) is 0 Å². The van der Waals surface area contributed by atoms with Crippen LogP contribution < -0.4 is 0 Å². The molecule has 0 spiro atoms. The molecule has 5 nitrogen and oxygen atoms in total. The Bertz CT molecular complexity index is 609. The van der Waals surface area contributed by atoms with E-state index >= 15 is 0 Å². The lowest BCUT2D eigenvalue weighted by Crippen LogP contribution is -2.65. The van der Waals surface area contributed by atoms with Crippen molar-refractivity contribution in [3.05, 3.63) is 35.4 Å². The maximum atomic E-state index is 12.4. The number of benzene rings is 1. The number of aliphatic hydroxyl groups is 2. The average Bonchev–Trinajstić information content (AvgIpc) is 2.48. The molecule has 0 bridgehead atoms. The number of fused-ring (bicyclic) bond motifs is 1. The molecule has 0 unspecified atom stereocenters. The minimum absolute atomic E-state index is 0.0715. The lowest BCUT2D eigenvalue weighted by atomic mass is 9.61. The van der Waals surface area contributed by atoms with Crippen molar-refractivity contribution >= 4 is 11.8 Å². The first-order chi connectivity index (χ1) is 10.2. The van der Waals surface area contributed by atoms with Crippen molar-refractivity contribution in [2.24, 2.45) is 11.8 Å². The van der Waals surface area contributed by atoms with E-state index in [2.05, 4.69) is 0 Å². The number of carbonyl (C=O) groups is 2. The second-order valence-corrected chi connectivity index (χ2v) is 6.50. The van der Waals surface area contributed by atoms with Gasteiger partial charge in [-0.25, -0.2) is 4.79 Å². The summed E-state index contributed by atoms with van der Waals surface area (Å²) in [5.41, 5.74) is -4.05. The summed E-state index contributed by atoms with van der Waals surface area (Å²) in [5, 5.41) is 31.5. The minimum Gasteiger partial charge on any atom is -0.479 e. The molecule has 2 rings (SSSR count). The van der Waals surface area contributed by atoms with E-state index in [4.69, 9.17) is 0 Å². The molecule has 0 fully saturated rings. The normalized spacial score (nSPS) is 31.2. The predicted octanol–water partition coefficient (Wildman–Crippen LogP) is 1.96. The van der Waals surface area contributed by atoms with Crippen molar-refractivity contribution < 1.29 is 24.9 Å². The first kappa shape index (κ1) is 16.6. The molecule has 0 aliphatic heterocycles. The van der Waals surface area contributed by atoms with Crippen molar-refractivity contribution in [3.8, 4) is 0 Å². The van der Waals surface area contributed by atoms with Crippen LogP contribution in [-0.2, 0) is 10.4 Å². The Morgan fingerprint density at radius 2 is 1.86 bits per heavy atom. The van der Waals surface area contributed by atoms with Crippen molar-refractivity contribution in [2.45, 2.75) is 44.8 Å². The lowest BCUT2D eigenvalue weighted by Gasteiger charge is -2.48. The van der Waals surface area contributed by atoms with E-state index < -0.39 is 28.9 Å². The second-order valence-electron chi connectivity index (χ2n) is 6.50. The van der Waals surface area contributed by atoms with Gasteiger partial charge in [-0.05, 0) is 24.3 Å². The number of aliphatic carboxylic acids is 1. The zero-order valence-electron chi connectivity index (χ0n) is 13.0. The predicted molar refractivity (Wildman–Crippen MR) is 80.5 cm³/mol. The third-order valence-corrected chi connectivity index (χ3v) is 4.70. The number of hydrogen-bond acceptors (Lipinski definition) is 4. The van der Waals surface area contributed by atoms with Crippen molar-refractivity contribution in [1.82, 2.24) is 0 Å². The number of carboxylic acids is 1. The van der Waals surface area contributed by atoms with Gasteiger partial charge in [0.25, 0.3) is 0 Å². The first-order valence-corrected chi connectivity index (χ1v) is 7.48. The second kappa shape index (κ2) is 5.48. The van der Waals surface area contributed by atoms with E-state index in [9.17, 15) is 24.9 Å². The zero-order chi connectivity index (χ0) is 16.7. The molecule has 0 aromatic heterocycles. The van der Waals surface area contributed by atoms with E-state index in [1.165, 1.54) is 13.0 Å². The monoisotopic (exact) mass is 306 g/mol. The van der Waals surface area contributed by atoms with Gasteiger partial charge in [-0.2, -0.15) is 0 Å². The molecule has 0 saturated heterocycles. The molecule has 1 aromatic carbocycles. The summed E-state index contributed by atoms with van der Waals surface area (Å²) in [6, 6.07) is 6.38. The van der Waals surface area contributed by atoms with Crippen LogP contribution in [0, 0.1) is 11.8 Å². The molecule has 1 aliphatic carbocycles. The highest BCUT2D eigenvalue weighted by atomic mass is 16.4. The lowest BCUT2D eigenvalue weighted by molar-refractivity contribution is -0.210. The highest BCUT2D eigenvalue weighted by Gasteiger charge is 2.64. The topological polar surface area (TPSA) is 94.8 Å². The molecule has 0 saturated carbocycles. The van der Waals surface area contributed by atoms with Gasteiger partial charge in [-0.15, -0.1) is 0 Å². The Morgan fingerprint density at radius 1 is 1.27 bits per heavy atom. The van der Waals surface area contributed by atoms with Gasteiger partial charge in [-0.1, -0.05) is 45.0 Å². The number of carbonyl (C=O) groups excluding carboxylic acids is 1. The number of hydrogen-bond donors (Lipinski definition) is 3. The van der Waals surface area contributed by atoms with Crippen LogP contribution in [-0.4, -0.2) is 32.7 Å². The van der Waals surface area contributed by atoms with Gasteiger partial charge in [0.2, 0.25) is 5.60 Å². The number of Topliss-reactive ketones (excluding diaryl/α,β-unsaturated/α-hetero) is 1. The van der Waals surface area contributed by atoms with Gasteiger partial charge in [0.1, 0.15) is 5.60 Å². The third kappa shape index (κ3) is 2.16. The van der Waals surface area contributed by atoms with Gasteiger partial charge >= 0.3 is 5.97 Å². The third-order valence-electron chi connectivity index (χ3n) is 4.70. The SMILES string of the molecule is CC(C)CC[C@@]1(O)c2ccccc2C(=O)[C@H](C)[C@]1(O)C(=O)O. The summed E-state index contributed by atoms with van der Waals surface area (Å²) in [6.45, 7) is 5.26. The van der Waals surface area contributed by atoms with Crippen molar-refractivity contribution in [1.29, 1.82) is 0 Å². The fraction of sp³-hybridized carbons (Fsp3) is 0.529. The Hall–Kier alpha value is -1.72. The van der Waals surface area contributed by atoms with Crippen molar-refractivity contribution in [3.63, 3.8) is 0 Å². The molecule has 1 aromatic rings. The Labute approximate surface area is 129 Å². The molecule has 5 heteroatoms. The first-order valence-electron chi connectivity index (χ1n) is 7.48. The average molecular weight is 306 g/mol. The molecule has 22 heavy (non-hydrogen) atoms. The standard InChI is InChI=1S/C17H22O5/c1-10(2)8-9-16(21)13-7-5-4-6-12(13)14(18)11(3)17(16,22)15(19)20/h4-7,10-11,21-22H,8-9H2,1-3H3,(H,19,20)/t11-,16+,17-/m0/s1. The molecule has 0 radical (unpaired) electrons. The summed E-state index contributed by atoms with van der Waals surface area (Å²) in [5.74, 6) is -3.04. The van der Waals surface area contributed by atoms with Crippen molar-refractivity contribution in [2.75, 3.05) is 0 Å². The molecular formula is C17H22O5. The largest absolute Gasteiger partial charge is 0.479 e. The minimum atomic E-state index is -2.53. The maximum absolute atomic E-state index is 12.4. The van der Waals surface area contributed by atoms with Crippen LogP contribution in [0.4, 0.5) is 0 Å². The van der Waals surface area contributed by atoms with Crippen LogP contribution in [0.15, 0.2) is 24.3 Å². The van der Waals surface area contributed by atoms with Crippen LogP contribution in [0.2, 0.25) is 0 Å². The molecule has 3 N–H and O–H groups in total. The summed E-state index contributed by atoms with van der Waals surface area (Å²) in [4.78, 5) is 24.2. The fourth-order valence-electron chi connectivity index (χ4n) is 3.23. The molecule has 120 valence electrons. The summed E-state index contributed by atoms with van der Waals surface area (Å²) in [7, 11) is 0. The van der Waals surface area contributed by atoms with E-state index in [1.54, 1.807) is 18.2 Å². The Kier molecular flexibility index (Phi) is 4.15. The fourth-order valence-corrected chi connectivity index (χ4v) is 3.23. The van der Waals surface area contributed by atoms with Gasteiger partial charge in [-0.3, -0.25) is 4.79 Å². The van der Waals surface area contributed by atoms with Crippen LogP contribution in [0.1, 0.15) is 49.5 Å². The van der Waals surface area contributed by atoms with Crippen LogP contribution in [0.5, 0.6) is 0 Å². The van der Waals surface area contributed by atoms with Gasteiger partial charge in [0.15, 0.2) is 5.78 Å². The Balaban J connectivity index is 2.69. The summed E-state index contributed by atoms with van der Waals surface area (Å²) in [6.07, 6.45) is 0.601. The molecular weight excluding hydrogens is 284 g/mol. The zero-order valence-corrected chi connectivity index (χ0v) is 13.0. The molecule has 1 aliphatic rings. The summed E-state index contributed by atoms with van der Waals surface area (Å²) < 4.78 is 0. The van der Waals surface area contributed by atoms with E-state index in [1.807, 2.05) is 13.8 Å². The van der Waals surface area contributed by atoms with Crippen LogP contribution >= 0.6 is 0 Å². The van der Waals surface area contributed by atoms with Gasteiger partial charge in [0.05, 0.1) is 5.92 Å². The Morgan fingerprint density at radius 3 is 2.41 bits per heavy atom. The molecule has 0 heterocycles. The van der Waals surface area contributed by atoms with E-state index in [0.29, 0.717) is 6.42 Å². The molecule has 0 amide bonds. The number of carboxylic acid groups (broad SMARTS) is 1. The van der Waals surface area contributed by atoms with Gasteiger partial charge in [0, 0.05) is 5.56 Å². The quantitative estimate of drug-likeness (QED) is 0.790. The van der Waals surface area contributed by atoms with E-state index in [0.717, 1.165) is 0 Å². The number of ketones is 1. The highest BCUT2D eigenvalue weighted by Crippen LogP contribution is 2.48.